The van der Waals surface area contributed by atoms with E-state index in [1.165, 1.54) is 0 Å². The fourth-order valence-corrected chi connectivity index (χ4v) is 1.76. The zero-order valence-electron chi connectivity index (χ0n) is 11.8. The van der Waals surface area contributed by atoms with Gasteiger partial charge in [0.1, 0.15) is 0 Å². The molecule has 108 valence electrons. The molecule has 0 heterocycles. The third-order valence-corrected chi connectivity index (χ3v) is 2.69. The summed E-state index contributed by atoms with van der Waals surface area (Å²) in [6.45, 7) is 6.32. The van der Waals surface area contributed by atoms with Gasteiger partial charge in [0.05, 0.1) is 13.2 Å². The van der Waals surface area contributed by atoms with Gasteiger partial charge in [-0.25, -0.2) is 0 Å². The molecule has 19 heavy (non-hydrogen) atoms. The van der Waals surface area contributed by atoms with E-state index in [-0.39, 0.29) is 18.3 Å². The van der Waals surface area contributed by atoms with Gasteiger partial charge < -0.3 is 15.0 Å². The van der Waals surface area contributed by atoms with E-state index < -0.39 is 0 Å². The van der Waals surface area contributed by atoms with Gasteiger partial charge in [-0.2, -0.15) is 0 Å². The first kappa shape index (κ1) is 17.9. The maximum absolute atomic E-state index is 12.1. The Hall–Kier alpha value is -1.10. The van der Waals surface area contributed by atoms with Crippen molar-refractivity contribution in [2.75, 3.05) is 38.3 Å². The van der Waals surface area contributed by atoms with Gasteiger partial charge >= 0.3 is 0 Å². The molecule has 1 rings (SSSR count). The number of anilines is 1. The summed E-state index contributed by atoms with van der Waals surface area (Å²) in [6, 6.07) is 7.98. The quantitative estimate of drug-likeness (QED) is 0.780. The minimum Gasteiger partial charge on any atom is -0.383 e. The van der Waals surface area contributed by atoms with Gasteiger partial charge in [0.15, 0.2) is 0 Å². The van der Waals surface area contributed by atoms with Gasteiger partial charge in [0.2, 0.25) is 5.91 Å². The summed E-state index contributed by atoms with van der Waals surface area (Å²) in [4.78, 5) is 13.9. The van der Waals surface area contributed by atoms with Crippen LogP contribution in [0, 0.1) is 6.92 Å². The molecular weight excluding hydrogens is 264 g/mol. The summed E-state index contributed by atoms with van der Waals surface area (Å²) in [5.41, 5.74) is 2.11. The average Bonchev–Trinajstić information content (AvgIpc) is 2.36. The maximum atomic E-state index is 12.1. The van der Waals surface area contributed by atoms with Crippen LogP contribution in [0.3, 0.4) is 0 Å². The topological polar surface area (TPSA) is 41.6 Å². The van der Waals surface area contributed by atoms with E-state index in [0.717, 1.165) is 11.3 Å². The van der Waals surface area contributed by atoms with Crippen LogP contribution in [-0.4, -0.2) is 39.3 Å². The number of benzene rings is 1. The fraction of sp³-hybridized carbons (Fsp3) is 0.500. The van der Waals surface area contributed by atoms with Crippen LogP contribution in [0.2, 0.25) is 0 Å². The highest BCUT2D eigenvalue weighted by Crippen LogP contribution is 2.15. The van der Waals surface area contributed by atoms with Crippen LogP contribution in [0.25, 0.3) is 0 Å². The van der Waals surface area contributed by atoms with Crippen molar-refractivity contribution in [1.82, 2.24) is 5.32 Å². The largest absolute Gasteiger partial charge is 0.383 e. The predicted octanol–water partition coefficient (Wildman–Crippen LogP) is 2.01. The molecule has 0 unspecified atom stereocenters. The Labute approximate surface area is 121 Å². The number of aryl methyl sites for hydroxylation is 1. The Balaban J connectivity index is 0.00000324. The molecule has 1 aromatic carbocycles. The van der Waals surface area contributed by atoms with Gasteiger partial charge in [-0.3, -0.25) is 4.79 Å². The van der Waals surface area contributed by atoms with E-state index in [1.54, 1.807) is 12.0 Å². The first-order valence-electron chi connectivity index (χ1n) is 6.25. The lowest BCUT2D eigenvalue weighted by Crippen LogP contribution is -2.39. The number of nitrogens with zero attached hydrogens (tertiary/aromatic N) is 1. The van der Waals surface area contributed by atoms with Crippen LogP contribution in [0.4, 0.5) is 5.69 Å². The minimum atomic E-state index is 0. The van der Waals surface area contributed by atoms with Crippen molar-refractivity contribution in [2.24, 2.45) is 0 Å². The van der Waals surface area contributed by atoms with Gasteiger partial charge in [-0.15, -0.1) is 12.4 Å². The summed E-state index contributed by atoms with van der Waals surface area (Å²) >= 11 is 0. The van der Waals surface area contributed by atoms with Crippen molar-refractivity contribution in [1.29, 1.82) is 0 Å². The summed E-state index contributed by atoms with van der Waals surface area (Å²) in [6.07, 6.45) is 0. The molecule has 0 radical (unpaired) electrons. The number of rotatable bonds is 7. The highest BCUT2D eigenvalue weighted by Gasteiger charge is 2.12. The third-order valence-electron chi connectivity index (χ3n) is 2.69. The van der Waals surface area contributed by atoms with Crippen LogP contribution >= 0.6 is 12.4 Å². The molecular formula is C14H23ClN2O2. The maximum Gasteiger partial charge on any atom is 0.240 e. The molecule has 0 aromatic heterocycles. The Kier molecular flexibility index (Phi) is 9.21. The first-order chi connectivity index (χ1) is 8.69. The van der Waals surface area contributed by atoms with E-state index >= 15 is 0 Å². The zero-order valence-corrected chi connectivity index (χ0v) is 12.6. The summed E-state index contributed by atoms with van der Waals surface area (Å²) in [5.74, 6) is 0.0826. The third kappa shape index (κ3) is 6.05. The molecule has 0 aliphatic heterocycles. The second kappa shape index (κ2) is 9.78. The van der Waals surface area contributed by atoms with Crippen LogP contribution in [0.1, 0.15) is 12.5 Å². The van der Waals surface area contributed by atoms with Crippen molar-refractivity contribution in [3.63, 3.8) is 0 Å². The van der Waals surface area contributed by atoms with Crippen LogP contribution in [0.15, 0.2) is 24.3 Å². The highest BCUT2D eigenvalue weighted by molar-refractivity contribution is 5.94. The molecule has 0 spiro atoms. The van der Waals surface area contributed by atoms with E-state index in [0.29, 0.717) is 26.2 Å². The summed E-state index contributed by atoms with van der Waals surface area (Å²) in [5, 5.41) is 3.07. The van der Waals surface area contributed by atoms with Crippen LogP contribution in [-0.2, 0) is 9.53 Å². The Morgan fingerprint density at radius 2 is 2.16 bits per heavy atom. The lowest BCUT2D eigenvalue weighted by molar-refractivity contribution is -0.117. The van der Waals surface area contributed by atoms with E-state index in [9.17, 15) is 4.79 Å². The molecule has 5 heteroatoms. The Morgan fingerprint density at radius 3 is 2.74 bits per heavy atom. The molecule has 4 nitrogen and oxygen atoms in total. The van der Waals surface area contributed by atoms with Crippen molar-refractivity contribution in [3.05, 3.63) is 29.8 Å². The average molecular weight is 287 g/mol. The van der Waals surface area contributed by atoms with Crippen molar-refractivity contribution in [3.8, 4) is 0 Å². The molecule has 0 aliphatic rings. The zero-order chi connectivity index (χ0) is 13.4. The van der Waals surface area contributed by atoms with Gasteiger partial charge in [-0.1, -0.05) is 12.1 Å². The number of nitrogens with one attached hydrogen (secondary N) is 1. The molecule has 1 amide bonds. The van der Waals surface area contributed by atoms with Crippen molar-refractivity contribution in [2.45, 2.75) is 13.8 Å². The number of carbonyl (C=O) groups is 1. The first-order valence-corrected chi connectivity index (χ1v) is 6.25. The summed E-state index contributed by atoms with van der Waals surface area (Å²) < 4.78 is 4.92. The second-order valence-electron chi connectivity index (χ2n) is 4.15. The number of halogens is 1. The molecule has 0 saturated carbocycles. The number of ether oxygens (including phenoxy) is 1. The van der Waals surface area contributed by atoms with Crippen LogP contribution in [0.5, 0.6) is 0 Å². The molecule has 0 fully saturated rings. The number of hydrogen-bond acceptors (Lipinski definition) is 3. The second-order valence-corrected chi connectivity index (χ2v) is 4.15. The smallest absolute Gasteiger partial charge is 0.240 e. The molecule has 1 N–H and O–H groups in total. The molecule has 0 atom stereocenters. The van der Waals surface area contributed by atoms with Crippen molar-refractivity contribution >= 4 is 24.0 Å². The van der Waals surface area contributed by atoms with Crippen LogP contribution < -0.4 is 10.2 Å². The van der Waals surface area contributed by atoms with Gasteiger partial charge in [0.25, 0.3) is 0 Å². The van der Waals surface area contributed by atoms with Crippen molar-refractivity contribution < 1.29 is 9.53 Å². The number of carbonyl (C=O) groups excluding carboxylic acids is 1. The molecule has 0 saturated heterocycles. The summed E-state index contributed by atoms with van der Waals surface area (Å²) in [7, 11) is 1.65. The Morgan fingerprint density at radius 1 is 1.42 bits per heavy atom. The molecule has 1 aromatic rings. The van der Waals surface area contributed by atoms with Gasteiger partial charge in [0, 0.05) is 25.9 Å². The number of methoxy groups -OCH3 is 1. The van der Waals surface area contributed by atoms with E-state index in [2.05, 4.69) is 5.32 Å². The monoisotopic (exact) mass is 286 g/mol. The number of likely N-dealkylation sites (N-methyl/N-ethyl adjacent to an activating group) is 1. The lowest BCUT2D eigenvalue weighted by Gasteiger charge is -2.21. The van der Waals surface area contributed by atoms with E-state index in [1.807, 2.05) is 38.1 Å². The lowest BCUT2D eigenvalue weighted by atomic mass is 10.2. The fourth-order valence-electron chi connectivity index (χ4n) is 1.76. The standard InChI is InChI=1S/C14H22N2O2.ClH/c1-4-16(13-7-5-6-12(2)10-13)14(17)11-15-8-9-18-3;/h5-7,10,15H,4,8-9,11H2,1-3H3;1H. The highest BCUT2D eigenvalue weighted by atomic mass is 35.5. The normalized spacial score (nSPS) is 9.84. The minimum absolute atomic E-state index is 0. The SMILES string of the molecule is CCN(C(=O)CNCCOC)c1cccc(C)c1.Cl. The van der Waals surface area contributed by atoms with E-state index in [4.69, 9.17) is 4.74 Å². The molecule has 0 bridgehead atoms. The van der Waals surface area contributed by atoms with Gasteiger partial charge in [-0.05, 0) is 31.5 Å². The Bertz CT molecular complexity index is 385. The number of amides is 1. The number of hydrogen-bond donors (Lipinski definition) is 1. The predicted molar refractivity (Wildman–Crippen MR) is 81.2 cm³/mol. The molecule has 0 aliphatic carbocycles.